The summed E-state index contributed by atoms with van der Waals surface area (Å²) in [7, 11) is 2.00. The summed E-state index contributed by atoms with van der Waals surface area (Å²) >= 11 is 4.37. The van der Waals surface area contributed by atoms with E-state index in [1.165, 1.54) is 31.2 Å². The van der Waals surface area contributed by atoms with Crippen LogP contribution in [-0.2, 0) is 12.8 Å². The van der Waals surface area contributed by atoms with Crippen LogP contribution in [-0.4, -0.2) is 12.8 Å². The first-order valence-corrected chi connectivity index (χ1v) is 6.38. The normalized spacial score (nSPS) is 17.2. The number of hydrogen-bond acceptors (Lipinski definition) is 2. The highest BCUT2D eigenvalue weighted by Gasteiger charge is 2.12. The molecule has 0 amide bonds. The lowest BCUT2D eigenvalue weighted by atomic mass is 9.89. The van der Waals surface area contributed by atoms with Crippen molar-refractivity contribution in [3.8, 4) is 0 Å². The van der Waals surface area contributed by atoms with Crippen LogP contribution in [0.3, 0.4) is 0 Å². The number of benzene rings is 1. The van der Waals surface area contributed by atoms with E-state index in [9.17, 15) is 0 Å². The number of rotatable bonds is 3. The van der Waals surface area contributed by atoms with Gasteiger partial charge in [-0.25, -0.2) is 0 Å². The zero-order valence-electron chi connectivity index (χ0n) is 9.29. The maximum absolute atomic E-state index is 4.37. The van der Waals surface area contributed by atoms with Crippen LogP contribution in [0.1, 0.15) is 35.6 Å². The minimum Gasteiger partial charge on any atom is -0.312 e. The van der Waals surface area contributed by atoms with E-state index in [4.69, 9.17) is 0 Å². The molecule has 1 nitrogen and oxygen atoms in total. The van der Waals surface area contributed by atoms with E-state index in [1.807, 2.05) is 7.05 Å². The van der Waals surface area contributed by atoms with Crippen molar-refractivity contribution < 1.29 is 0 Å². The smallest absolute Gasteiger partial charge is 0.0406 e. The summed E-state index contributed by atoms with van der Waals surface area (Å²) in [4.78, 5) is 0. The van der Waals surface area contributed by atoms with Crippen molar-refractivity contribution in [3.63, 3.8) is 0 Å². The number of thiol groups is 1. The van der Waals surface area contributed by atoms with Gasteiger partial charge in [0.15, 0.2) is 0 Å². The second-order valence-corrected chi connectivity index (χ2v) is 4.62. The first-order chi connectivity index (χ1) is 7.35. The third-order valence-corrected chi connectivity index (χ3v) is 3.67. The van der Waals surface area contributed by atoms with Gasteiger partial charge in [0, 0.05) is 11.8 Å². The van der Waals surface area contributed by atoms with Gasteiger partial charge in [-0.05, 0) is 49.4 Å². The molecule has 2 rings (SSSR count). The summed E-state index contributed by atoms with van der Waals surface area (Å²) < 4.78 is 0. The van der Waals surface area contributed by atoms with Crippen LogP contribution in [0.25, 0.3) is 0 Å². The summed E-state index contributed by atoms with van der Waals surface area (Å²) in [6, 6.07) is 7.31. The van der Waals surface area contributed by atoms with Gasteiger partial charge in [0.25, 0.3) is 0 Å². The molecule has 2 heteroatoms. The van der Waals surface area contributed by atoms with Gasteiger partial charge in [-0.2, -0.15) is 12.6 Å². The predicted molar refractivity (Wildman–Crippen MR) is 68.7 cm³/mol. The lowest BCUT2D eigenvalue weighted by Gasteiger charge is -2.20. The predicted octanol–water partition coefficient (Wildman–Crippen LogP) is 2.76. The molecule has 82 valence electrons. The number of nitrogens with one attached hydrogen (secondary N) is 1. The summed E-state index contributed by atoms with van der Waals surface area (Å²) in [6.07, 6.45) is 5.23. The number of aryl methyl sites for hydroxylation is 2. The molecule has 0 bridgehead atoms. The maximum atomic E-state index is 4.37. The van der Waals surface area contributed by atoms with Crippen molar-refractivity contribution in [2.45, 2.75) is 31.7 Å². The second kappa shape index (κ2) is 5.04. The highest BCUT2D eigenvalue weighted by Crippen LogP contribution is 2.25. The van der Waals surface area contributed by atoms with E-state index in [-0.39, 0.29) is 0 Å². The fourth-order valence-corrected chi connectivity index (χ4v) is 2.73. The Morgan fingerprint density at radius 1 is 1.27 bits per heavy atom. The second-order valence-electron chi connectivity index (χ2n) is 4.26. The van der Waals surface area contributed by atoms with E-state index in [0.717, 1.165) is 5.75 Å². The average molecular weight is 221 g/mol. The molecular formula is C13H19NS. The summed E-state index contributed by atoms with van der Waals surface area (Å²) in [5.41, 5.74) is 4.49. The van der Waals surface area contributed by atoms with Crippen LogP contribution in [0.2, 0.25) is 0 Å². The summed E-state index contributed by atoms with van der Waals surface area (Å²) in [6.45, 7) is 0. The minimum absolute atomic E-state index is 0.389. The molecule has 0 fully saturated rings. The van der Waals surface area contributed by atoms with Crippen molar-refractivity contribution in [3.05, 3.63) is 34.9 Å². The monoisotopic (exact) mass is 221 g/mol. The lowest BCUT2D eigenvalue weighted by Crippen LogP contribution is -2.18. The first kappa shape index (κ1) is 11.0. The van der Waals surface area contributed by atoms with Gasteiger partial charge >= 0.3 is 0 Å². The lowest BCUT2D eigenvalue weighted by molar-refractivity contribution is 0.651. The third-order valence-electron chi connectivity index (χ3n) is 3.31. The Morgan fingerprint density at radius 3 is 2.67 bits per heavy atom. The van der Waals surface area contributed by atoms with Gasteiger partial charge in [-0.1, -0.05) is 18.2 Å². The van der Waals surface area contributed by atoms with E-state index in [2.05, 4.69) is 36.1 Å². The van der Waals surface area contributed by atoms with Crippen molar-refractivity contribution in [2.75, 3.05) is 12.8 Å². The molecule has 15 heavy (non-hydrogen) atoms. The van der Waals surface area contributed by atoms with Gasteiger partial charge in [-0.3, -0.25) is 0 Å². The van der Waals surface area contributed by atoms with Crippen LogP contribution in [0.4, 0.5) is 0 Å². The highest BCUT2D eigenvalue weighted by molar-refractivity contribution is 7.80. The van der Waals surface area contributed by atoms with Crippen LogP contribution in [0.5, 0.6) is 0 Å². The molecule has 0 heterocycles. The molecule has 1 atom stereocenters. The van der Waals surface area contributed by atoms with Gasteiger partial charge in [0.2, 0.25) is 0 Å². The van der Waals surface area contributed by atoms with Gasteiger partial charge < -0.3 is 5.32 Å². The molecule has 1 aliphatic carbocycles. The molecule has 0 spiro atoms. The Hall–Kier alpha value is -0.470. The summed E-state index contributed by atoms with van der Waals surface area (Å²) in [5.74, 6) is 0.856. The molecule has 1 unspecified atom stereocenters. The van der Waals surface area contributed by atoms with Crippen molar-refractivity contribution in [1.29, 1.82) is 0 Å². The molecular weight excluding hydrogens is 202 g/mol. The minimum atomic E-state index is 0.389. The number of fused-ring (bicyclic) bond motifs is 1. The van der Waals surface area contributed by atoms with E-state index in [0.29, 0.717) is 6.04 Å². The molecule has 0 saturated carbocycles. The molecule has 0 radical (unpaired) electrons. The Bertz CT molecular complexity index is 331. The van der Waals surface area contributed by atoms with Crippen LogP contribution < -0.4 is 5.32 Å². The molecule has 0 aromatic heterocycles. The van der Waals surface area contributed by atoms with Crippen molar-refractivity contribution in [1.82, 2.24) is 5.32 Å². The van der Waals surface area contributed by atoms with Crippen molar-refractivity contribution >= 4 is 12.6 Å². The molecule has 1 aromatic carbocycles. The topological polar surface area (TPSA) is 12.0 Å². The molecule has 1 aromatic rings. The zero-order chi connectivity index (χ0) is 10.7. The van der Waals surface area contributed by atoms with Crippen LogP contribution >= 0.6 is 12.6 Å². The van der Waals surface area contributed by atoms with Crippen LogP contribution in [0.15, 0.2) is 18.2 Å². The molecule has 1 N–H and O–H groups in total. The molecule has 0 aliphatic heterocycles. The average Bonchev–Trinajstić information content (AvgIpc) is 2.30. The quantitative estimate of drug-likeness (QED) is 0.748. The van der Waals surface area contributed by atoms with Crippen LogP contribution in [0, 0.1) is 0 Å². The Morgan fingerprint density at radius 2 is 2.00 bits per heavy atom. The fourth-order valence-electron chi connectivity index (χ4n) is 2.33. The maximum Gasteiger partial charge on any atom is 0.0406 e. The van der Waals surface area contributed by atoms with E-state index < -0.39 is 0 Å². The van der Waals surface area contributed by atoms with Gasteiger partial charge in [0.05, 0.1) is 0 Å². The van der Waals surface area contributed by atoms with E-state index >= 15 is 0 Å². The largest absolute Gasteiger partial charge is 0.312 e. The molecule has 1 aliphatic rings. The fraction of sp³-hybridized carbons (Fsp3) is 0.538. The summed E-state index contributed by atoms with van der Waals surface area (Å²) in [5, 5.41) is 3.30. The number of hydrogen-bond donors (Lipinski definition) is 2. The highest BCUT2D eigenvalue weighted by atomic mass is 32.1. The van der Waals surface area contributed by atoms with Gasteiger partial charge in [0.1, 0.15) is 0 Å². The van der Waals surface area contributed by atoms with E-state index in [1.54, 1.807) is 11.1 Å². The molecule has 0 saturated heterocycles. The third kappa shape index (κ3) is 2.37. The Kier molecular flexibility index (Phi) is 3.71. The zero-order valence-corrected chi connectivity index (χ0v) is 10.2. The van der Waals surface area contributed by atoms with Crippen molar-refractivity contribution in [2.24, 2.45) is 0 Å². The Balaban J connectivity index is 2.27. The Labute approximate surface area is 97.7 Å². The SMILES string of the molecule is CNC(CS)c1ccc2c(c1)CCCC2. The van der Waals surface area contributed by atoms with Gasteiger partial charge in [-0.15, -0.1) is 0 Å². The standard InChI is InChI=1S/C13H19NS/c1-14-13(9-15)12-7-6-10-4-2-3-5-11(10)8-12/h6-8,13-15H,2-5,9H2,1H3. The first-order valence-electron chi connectivity index (χ1n) is 5.75.